The molecule has 0 spiro atoms. The molecular weight excluding hydrogens is 270 g/mol. The predicted octanol–water partition coefficient (Wildman–Crippen LogP) is 5.05. The quantitative estimate of drug-likeness (QED) is 0.710. The molecule has 0 saturated carbocycles. The first-order chi connectivity index (χ1) is 10.3. The summed E-state index contributed by atoms with van der Waals surface area (Å²) in [6.45, 7) is 14.5. The van der Waals surface area contributed by atoms with Crippen LogP contribution in [-0.4, -0.2) is 16.1 Å². The highest BCUT2D eigenvalue weighted by Gasteiger charge is 2.06. The highest BCUT2D eigenvalue weighted by molar-refractivity contribution is 6.41. The molecule has 3 nitrogen and oxygen atoms in total. The summed E-state index contributed by atoms with van der Waals surface area (Å²) in [6, 6.07) is 8.50. The maximum Gasteiger partial charge on any atom is 0.0794 e. The average Bonchev–Trinajstić information content (AvgIpc) is 2.74. The Balaban J connectivity index is 2.41. The number of nitrogens with zero attached hydrogens (tertiary/aromatic N) is 3. The first-order valence-electron chi connectivity index (χ1n) is 7.63. The van der Waals surface area contributed by atoms with Crippen LogP contribution in [0.3, 0.4) is 0 Å². The Morgan fingerprint density at radius 3 is 1.82 bits per heavy atom. The zero-order chi connectivity index (χ0) is 16.4. The van der Waals surface area contributed by atoms with Crippen LogP contribution in [0.25, 0.3) is 0 Å². The van der Waals surface area contributed by atoms with E-state index >= 15 is 0 Å². The monoisotopic (exact) mass is 295 g/mol. The third-order valence-electron chi connectivity index (χ3n) is 3.92. The molecule has 0 amide bonds. The second-order valence-electron chi connectivity index (χ2n) is 6.06. The van der Waals surface area contributed by atoms with Gasteiger partial charge in [-0.2, -0.15) is 5.10 Å². The lowest BCUT2D eigenvalue weighted by Gasteiger charge is -2.09. The Kier molecular flexibility index (Phi) is 4.65. The molecule has 1 heterocycles. The highest BCUT2D eigenvalue weighted by Crippen LogP contribution is 2.25. The lowest BCUT2D eigenvalue weighted by Crippen LogP contribution is -2.09. The van der Waals surface area contributed by atoms with E-state index < -0.39 is 0 Å². The van der Waals surface area contributed by atoms with E-state index in [2.05, 4.69) is 58.9 Å². The molecule has 1 aromatic heterocycles. The fourth-order valence-electron chi connectivity index (χ4n) is 2.64. The van der Waals surface area contributed by atoms with Gasteiger partial charge in [0.15, 0.2) is 0 Å². The molecule has 1 aromatic carbocycles. The molecular formula is C19H25N3. The summed E-state index contributed by atoms with van der Waals surface area (Å²) in [4.78, 5) is 4.81. The van der Waals surface area contributed by atoms with Gasteiger partial charge in [0.25, 0.3) is 0 Å². The minimum absolute atomic E-state index is 0.932. The number of aliphatic imine (C=N–C) groups is 1. The van der Waals surface area contributed by atoms with Crippen LogP contribution in [0, 0.1) is 34.6 Å². The Labute approximate surface area is 133 Å². The van der Waals surface area contributed by atoms with E-state index in [1.54, 1.807) is 0 Å². The fraction of sp³-hybridized carbons (Fsp3) is 0.368. The topological polar surface area (TPSA) is 29.6 Å². The van der Waals surface area contributed by atoms with Gasteiger partial charge >= 0.3 is 0 Å². The van der Waals surface area contributed by atoms with Gasteiger partial charge in [0.2, 0.25) is 0 Å². The summed E-state index contributed by atoms with van der Waals surface area (Å²) in [7, 11) is 0. The van der Waals surface area contributed by atoms with Crippen molar-refractivity contribution < 1.29 is 0 Å². The van der Waals surface area contributed by atoms with E-state index in [0.717, 1.165) is 28.5 Å². The van der Waals surface area contributed by atoms with Crippen LogP contribution < -0.4 is 0 Å². The molecule has 22 heavy (non-hydrogen) atoms. The molecule has 2 aromatic rings. The molecule has 0 N–H and O–H groups in total. The van der Waals surface area contributed by atoms with Crippen molar-refractivity contribution in [2.75, 3.05) is 0 Å². The molecule has 0 aliphatic rings. The fourth-order valence-corrected chi connectivity index (χ4v) is 2.64. The van der Waals surface area contributed by atoms with Crippen LogP contribution in [0.2, 0.25) is 0 Å². The lowest BCUT2D eigenvalue weighted by atomic mass is 10.1. The number of benzene rings is 1. The molecule has 0 aliphatic carbocycles. The smallest absolute Gasteiger partial charge is 0.0794 e. The van der Waals surface area contributed by atoms with E-state index in [4.69, 9.17) is 10.1 Å². The molecule has 2 rings (SSSR count). The Morgan fingerprint density at radius 2 is 1.32 bits per heavy atom. The zero-order valence-corrected chi connectivity index (χ0v) is 14.7. The number of aromatic nitrogens is 1. The average molecular weight is 295 g/mol. The second kappa shape index (κ2) is 6.30. The molecule has 3 heteroatoms. The summed E-state index contributed by atoms with van der Waals surface area (Å²) in [5.41, 5.74) is 8.88. The summed E-state index contributed by atoms with van der Waals surface area (Å²) in [5.74, 6) is 0. The van der Waals surface area contributed by atoms with Crippen LogP contribution >= 0.6 is 0 Å². The summed E-state index contributed by atoms with van der Waals surface area (Å²) in [5, 5.41) is 4.69. The minimum Gasteiger partial charge on any atom is -0.251 e. The van der Waals surface area contributed by atoms with Gasteiger partial charge in [-0.1, -0.05) is 17.7 Å². The third-order valence-corrected chi connectivity index (χ3v) is 3.92. The standard InChI is InChI=1S/C19H25N3/c1-12-10-13(2)19(14(3)11-12)20-17(6)18(7)21-22-15(4)8-9-16(22)5/h8-11H,1-7H3/b20-17?,21-18-. The van der Waals surface area contributed by atoms with Crippen molar-refractivity contribution in [3.63, 3.8) is 0 Å². The Morgan fingerprint density at radius 1 is 0.818 bits per heavy atom. The van der Waals surface area contributed by atoms with Crippen LogP contribution in [0.4, 0.5) is 5.69 Å². The molecule has 0 bridgehead atoms. The van der Waals surface area contributed by atoms with Gasteiger partial charge in [0.1, 0.15) is 0 Å². The first-order valence-corrected chi connectivity index (χ1v) is 7.63. The molecule has 0 fully saturated rings. The van der Waals surface area contributed by atoms with Gasteiger partial charge in [0.05, 0.1) is 17.1 Å². The van der Waals surface area contributed by atoms with E-state index in [-0.39, 0.29) is 0 Å². The Bertz CT molecular complexity index is 718. The number of hydrogen-bond donors (Lipinski definition) is 0. The first kappa shape index (κ1) is 16.2. The van der Waals surface area contributed by atoms with Crippen LogP contribution in [-0.2, 0) is 0 Å². The number of hydrogen-bond acceptors (Lipinski definition) is 2. The molecule has 116 valence electrons. The van der Waals surface area contributed by atoms with Crippen molar-refractivity contribution in [1.29, 1.82) is 0 Å². The normalized spacial score (nSPS) is 12.9. The van der Waals surface area contributed by atoms with Crippen LogP contribution in [0.5, 0.6) is 0 Å². The Hall–Kier alpha value is -2.16. The second-order valence-corrected chi connectivity index (χ2v) is 6.06. The maximum atomic E-state index is 4.81. The van der Waals surface area contributed by atoms with Crippen molar-refractivity contribution in [2.45, 2.75) is 48.5 Å². The lowest BCUT2D eigenvalue weighted by molar-refractivity contribution is 0.814. The van der Waals surface area contributed by atoms with Crippen molar-refractivity contribution in [3.05, 3.63) is 52.3 Å². The predicted molar refractivity (Wildman–Crippen MR) is 95.8 cm³/mol. The third kappa shape index (κ3) is 3.35. The van der Waals surface area contributed by atoms with Crippen LogP contribution in [0.15, 0.2) is 34.4 Å². The summed E-state index contributed by atoms with van der Waals surface area (Å²) in [6.07, 6.45) is 0. The van der Waals surface area contributed by atoms with Gasteiger partial charge in [-0.25, -0.2) is 4.68 Å². The molecule has 0 aliphatic heterocycles. The SMILES string of the molecule is CC(=Nc1c(C)cc(C)cc1C)/C(C)=N\n1c(C)ccc1C. The van der Waals surface area contributed by atoms with Crippen molar-refractivity contribution >= 4 is 17.1 Å². The molecule has 0 radical (unpaired) electrons. The largest absolute Gasteiger partial charge is 0.251 e. The molecule has 0 atom stereocenters. The molecule has 0 unspecified atom stereocenters. The highest BCUT2D eigenvalue weighted by atomic mass is 15.4. The summed E-state index contributed by atoms with van der Waals surface area (Å²) >= 11 is 0. The van der Waals surface area contributed by atoms with Crippen LogP contribution in [0.1, 0.15) is 41.9 Å². The van der Waals surface area contributed by atoms with Crippen molar-refractivity contribution in [3.8, 4) is 0 Å². The van der Waals surface area contributed by atoms with Crippen molar-refractivity contribution in [1.82, 2.24) is 4.68 Å². The van der Waals surface area contributed by atoms with Gasteiger partial charge < -0.3 is 0 Å². The van der Waals surface area contributed by atoms with Gasteiger partial charge in [-0.05, 0) is 71.7 Å². The van der Waals surface area contributed by atoms with Gasteiger partial charge in [0, 0.05) is 11.4 Å². The molecule has 0 saturated heterocycles. The minimum atomic E-state index is 0.932. The van der Waals surface area contributed by atoms with Crippen molar-refractivity contribution in [2.24, 2.45) is 10.1 Å². The van der Waals surface area contributed by atoms with E-state index in [1.165, 1.54) is 16.7 Å². The maximum absolute atomic E-state index is 4.81. The number of rotatable bonds is 3. The zero-order valence-electron chi connectivity index (χ0n) is 14.7. The van der Waals surface area contributed by atoms with Gasteiger partial charge in [-0.3, -0.25) is 4.99 Å². The summed E-state index contributed by atoms with van der Waals surface area (Å²) < 4.78 is 1.96. The van der Waals surface area contributed by atoms with E-state index in [0.29, 0.717) is 0 Å². The van der Waals surface area contributed by atoms with Gasteiger partial charge in [-0.15, -0.1) is 0 Å². The van der Waals surface area contributed by atoms with E-state index in [9.17, 15) is 0 Å². The van der Waals surface area contributed by atoms with E-state index in [1.807, 2.05) is 18.5 Å². The number of aryl methyl sites for hydroxylation is 5.